The van der Waals surface area contributed by atoms with Crippen LogP contribution in [0.2, 0.25) is 0 Å². The molecule has 0 heterocycles. The molecule has 0 aliphatic heterocycles. The van der Waals surface area contributed by atoms with E-state index in [2.05, 4.69) is 0 Å². The highest BCUT2D eigenvalue weighted by molar-refractivity contribution is 6.01. The van der Waals surface area contributed by atoms with Crippen molar-refractivity contribution >= 4 is 17.6 Å². The summed E-state index contributed by atoms with van der Waals surface area (Å²) in [7, 11) is 3.06. The molecule has 0 saturated heterocycles. The summed E-state index contributed by atoms with van der Waals surface area (Å²) in [4.78, 5) is 24.2. The molecule has 0 spiro atoms. The number of aromatic carboxylic acids is 1. The highest BCUT2D eigenvalue weighted by Gasteiger charge is 2.17. The van der Waals surface area contributed by atoms with Crippen molar-refractivity contribution in [3.05, 3.63) is 29.8 Å². The first-order valence-electron chi connectivity index (χ1n) is 5.73. The van der Waals surface area contributed by atoms with Crippen LogP contribution in [0.3, 0.4) is 0 Å². The fourth-order valence-electron chi connectivity index (χ4n) is 1.48. The van der Waals surface area contributed by atoms with Crippen LogP contribution in [0.4, 0.5) is 5.69 Å². The standard InChI is InChI=1S/C13H17NO5/c1-14(12(15)9-19-8-7-18-2)11-6-4-3-5-10(11)13(16)17/h3-6H,7-9H2,1-2H3,(H,16,17). The van der Waals surface area contributed by atoms with E-state index in [-0.39, 0.29) is 18.1 Å². The first kappa shape index (κ1) is 15.1. The minimum Gasteiger partial charge on any atom is -0.478 e. The second-order valence-electron chi connectivity index (χ2n) is 3.82. The van der Waals surface area contributed by atoms with Crippen LogP contribution in [-0.4, -0.2) is 51.0 Å². The average molecular weight is 267 g/mol. The average Bonchev–Trinajstić information content (AvgIpc) is 2.42. The summed E-state index contributed by atoms with van der Waals surface area (Å²) in [6, 6.07) is 6.32. The lowest BCUT2D eigenvalue weighted by atomic mass is 10.1. The number of nitrogens with zero attached hydrogens (tertiary/aromatic N) is 1. The van der Waals surface area contributed by atoms with Crippen LogP contribution in [0.1, 0.15) is 10.4 Å². The fourth-order valence-corrected chi connectivity index (χ4v) is 1.48. The van der Waals surface area contributed by atoms with Crippen molar-refractivity contribution in [3.63, 3.8) is 0 Å². The van der Waals surface area contributed by atoms with Gasteiger partial charge in [0.1, 0.15) is 6.61 Å². The molecule has 1 rings (SSSR count). The SMILES string of the molecule is COCCOCC(=O)N(C)c1ccccc1C(=O)O. The maximum absolute atomic E-state index is 11.8. The Balaban J connectivity index is 2.69. The number of amides is 1. The van der Waals surface area contributed by atoms with Gasteiger partial charge in [-0.15, -0.1) is 0 Å². The summed E-state index contributed by atoms with van der Waals surface area (Å²) in [6.45, 7) is 0.604. The molecule has 1 aromatic rings. The van der Waals surface area contributed by atoms with E-state index in [1.165, 1.54) is 18.0 Å². The number of carboxylic acids is 1. The lowest BCUT2D eigenvalue weighted by Crippen LogP contribution is -2.31. The van der Waals surface area contributed by atoms with Gasteiger partial charge >= 0.3 is 5.97 Å². The molecule has 0 aliphatic carbocycles. The second-order valence-corrected chi connectivity index (χ2v) is 3.82. The number of ether oxygens (including phenoxy) is 2. The number of rotatable bonds is 7. The molecule has 1 N–H and O–H groups in total. The van der Waals surface area contributed by atoms with Gasteiger partial charge in [0, 0.05) is 14.2 Å². The fraction of sp³-hybridized carbons (Fsp3) is 0.385. The van der Waals surface area contributed by atoms with E-state index in [1.807, 2.05) is 0 Å². The maximum atomic E-state index is 11.8. The first-order chi connectivity index (χ1) is 9.07. The van der Waals surface area contributed by atoms with Crippen molar-refractivity contribution in [2.75, 3.05) is 38.9 Å². The Morgan fingerprint density at radius 3 is 2.58 bits per heavy atom. The molecule has 0 atom stereocenters. The molecule has 0 bridgehead atoms. The summed E-state index contributed by atoms with van der Waals surface area (Å²) in [5, 5.41) is 9.06. The molecule has 0 fully saturated rings. The summed E-state index contributed by atoms with van der Waals surface area (Å²) < 4.78 is 9.91. The van der Waals surface area contributed by atoms with Gasteiger partial charge < -0.3 is 19.5 Å². The molecule has 0 unspecified atom stereocenters. The molecule has 1 amide bonds. The normalized spacial score (nSPS) is 10.2. The van der Waals surface area contributed by atoms with Crippen molar-refractivity contribution in [1.29, 1.82) is 0 Å². The summed E-state index contributed by atoms with van der Waals surface area (Å²) in [5.74, 6) is -1.39. The van der Waals surface area contributed by atoms with Gasteiger partial charge in [-0.05, 0) is 12.1 Å². The highest BCUT2D eigenvalue weighted by atomic mass is 16.5. The van der Waals surface area contributed by atoms with E-state index >= 15 is 0 Å². The van der Waals surface area contributed by atoms with E-state index < -0.39 is 5.97 Å². The number of carbonyl (C=O) groups excluding carboxylic acids is 1. The van der Waals surface area contributed by atoms with Gasteiger partial charge in [-0.25, -0.2) is 4.79 Å². The Hall–Kier alpha value is -1.92. The van der Waals surface area contributed by atoms with Crippen molar-refractivity contribution in [2.45, 2.75) is 0 Å². The largest absolute Gasteiger partial charge is 0.478 e. The van der Waals surface area contributed by atoms with Crippen molar-refractivity contribution in [1.82, 2.24) is 0 Å². The molecular formula is C13H17NO5. The Morgan fingerprint density at radius 2 is 1.95 bits per heavy atom. The van der Waals surface area contributed by atoms with Crippen LogP contribution in [0.25, 0.3) is 0 Å². The third kappa shape index (κ3) is 4.35. The molecule has 1 aromatic carbocycles. The lowest BCUT2D eigenvalue weighted by molar-refractivity contribution is -0.123. The zero-order valence-electron chi connectivity index (χ0n) is 11.0. The zero-order chi connectivity index (χ0) is 14.3. The predicted octanol–water partition coefficient (Wildman–Crippen LogP) is 1.01. The third-order valence-corrected chi connectivity index (χ3v) is 2.53. The van der Waals surface area contributed by atoms with Crippen LogP contribution in [0, 0.1) is 0 Å². The number of carbonyl (C=O) groups is 2. The minimum absolute atomic E-state index is 0.0789. The second kappa shape index (κ2) is 7.50. The van der Waals surface area contributed by atoms with Gasteiger partial charge in [-0.3, -0.25) is 4.79 Å². The van der Waals surface area contributed by atoms with Crippen LogP contribution >= 0.6 is 0 Å². The van der Waals surface area contributed by atoms with Crippen LogP contribution in [-0.2, 0) is 14.3 Å². The van der Waals surface area contributed by atoms with E-state index in [1.54, 1.807) is 25.3 Å². The van der Waals surface area contributed by atoms with Crippen LogP contribution in [0.15, 0.2) is 24.3 Å². The van der Waals surface area contributed by atoms with Crippen molar-refractivity contribution < 1.29 is 24.2 Å². The van der Waals surface area contributed by atoms with Gasteiger partial charge in [-0.2, -0.15) is 0 Å². The topological polar surface area (TPSA) is 76.1 Å². The van der Waals surface area contributed by atoms with Gasteiger partial charge in [0.15, 0.2) is 0 Å². The number of benzene rings is 1. The van der Waals surface area contributed by atoms with Crippen LogP contribution in [0.5, 0.6) is 0 Å². The van der Waals surface area contributed by atoms with Gasteiger partial charge in [0.2, 0.25) is 0 Å². The third-order valence-electron chi connectivity index (χ3n) is 2.53. The molecule has 6 heteroatoms. The molecular weight excluding hydrogens is 250 g/mol. The molecule has 0 saturated carbocycles. The molecule has 19 heavy (non-hydrogen) atoms. The monoisotopic (exact) mass is 267 g/mol. The number of carboxylic acid groups (broad SMARTS) is 1. The van der Waals surface area contributed by atoms with Crippen molar-refractivity contribution in [3.8, 4) is 0 Å². The van der Waals surface area contributed by atoms with E-state index in [0.717, 1.165) is 0 Å². The molecule has 0 radical (unpaired) electrons. The van der Waals surface area contributed by atoms with E-state index in [4.69, 9.17) is 14.6 Å². The maximum Gasteiger partial charge on any atom is 0.337 e. The Bertz CT molecular complexity index is 446. The molecule has 0 aromatic heterocycles. The lowest BCUT2D eigenvalue weighted by Gasteiger charge is -2.19. The van der Waals surface area contributed by atoms with Crippen molar-refractivity contribution in [2.24, 2.45) is 0 Å². The number of para-hydroxylation sites is 1. The number of hydrogen-bond donors (Lipinski definition) is 1. The van der Waals surface area contributed by atoms with E-state index in [9.17, 15) is 9.59 Å². The smallest absolute Gasteiger partial charge is 0.337 e. The van der Waals surface area contributed by atoms with Crippen LogP contribution < -0.4 is 4.90 Å². The number of anilines is 1. The van der Waals surface area contributed by atoms with E-state index in [0.29, 0.717) is 18.9 Å². The quantitative estimate of drug-likeness (QED) is 0.746. The molecule has 0 aliphatic rings. The summed E-state index contributed by atoms with van der Waals surface area (Å²) >= 11 is 0. The number of likely N-dealkylation sites (N-methyl/N-ethyl adjacent to an activating group) is 1. The van der Waals surface area contributed by atoms with Gasteiger partial charge in [0.25, 0.3) is 5.91 Å². The van der Waals surface area contributed by atoms with Gasteiger partial charge in [-0.1, -0.05) is 12.1 Å². The molecule has 6 nitrogen and oxygen atoms in total. The Morgan fingerprint density at radius 1 is 1.26 bits per heavy atom. The highest BCUT2D eigenvalue weighted by Crippen LogP contribution is 2.19. The zero-order valence-corrected chi connectivity index (χ0v) is 11.0. The molecule has 104 valence electrons. The van der Waals surface area contributed by atoms with Gasteiger partial charge in [0.05, 0.1) is 24.5 Å². The number of hydrogen-bond acceptors (Lipinski definition) is 4. The first-order valence-corrected chi connectivity index (χ1v) is 5.73. The minimum atomic E-state index is -1.07. The Kier molecular flexibility index (Phi) is 5.98. The predicted molar refractivity (Wildman–Crippen MR) is 69.5 cm³/mol. The number of methoxy groups -OCH3 is 1. The summed E-state index contributed by atoms with van der Waals surface area (Å²) in [6.07, 6.45) is 0. The summed E-state index contributed by atoms with van der Waals surface area (Å²) in [5.41, 5.74) is 0.422. The Labute approximate surface area is 111 Å².